The van der Waals surface area contributed by atoms with Crippen LogP contribution in [0.1, 0.15) is 337 Å². The topological polar surface area (TPSA) is 0 Å². The van der Waals surface area contributed by atoms with Crippen molar-refractivity contribution in [1.82, 2.24) is 0 Å². The minimum Gasteiger partial charge on any atom is -0.0654 e. The van der Waals surface area contributed by atoms with Gasteiger partial charge in [-0.25, -0.2) is 0 Å². The van der Waals surface area contributed by atoms with Crippen molar-refractivity contribution in [1.29, 1.82) is 0 Å². The molecule has 0 amide bonds. The van der Waals surface area contributed by atoms with E-state index in [0.717, 1.165) is 23.7 Å². The summed E-state index contributed by atoms with van der Waals surface area (Å²) in [6.45, 7) is 14.4. The smallest absolute Gasteiger partial charge is 0.0414 e. The molecule has 0 N–H and O–H groups in total. The predicted octanol–water partition coefficient (Wildman–Crippen LogP) is 21.5. The summed E-state index contributed by atoms with van der Waals surface area (Å²) < 4.78 is 0. The van der Waals surface area contributed by atoms with E-state index >= 15 is 0 Å². The summed E-state index contributed by atoms with van der Waals surface area (Å²) in [6, 6.07) is 0. The minimum atomic E-state index is 0.942. The molecule has 0 rings (SSSR count). The molecule has 4 atom stereocenters. The SMILES string of the molecule is CCCCCCCCCCC(C)CCCC(CCCCCCCCCC)CCCC(CCCCCCCCCC)CCCC(CC)CCCCCCCCCC. The van der Waals surface area contributed by atoms with E-state index < -0.39 is 0 Å². The van der Waals surface area contributed by atoms with Gasteiger partial charge in [-0.1, -0.05) is 337 Å². The zero-order chi connectivity index (χ0) is 40.8. The Balaban J connectivity index is 4.87. The van der Waals surface area contributed by atoms with Crippen LogP contribution in [0.4, 0.5) is 0 Å². The zero-order valence-corrected chi connectivity index (χ0v) is 40.8. The average Bonchev–Trinajstić information content (AvgIpc) is 3.20. The lowest BCUT2D eigenvalue weighted by atomic mass is 9.84. The van der Waals surface area contributed by atoms with Gasteiger partial charge in [0.1, 0.15) is 0 Å². The molecule has 0 radical (unpaired) electrons. The minimum absolute atomic E-state index is 0.942. The van der Waals surface area contributed by atoms with E-state index in [1.54, 1.807) is 0 Å². The van der Waals surface area contributed by atoms with E-state index in [2.05, 4.69) is 41.5 Å². The van der Waals surface area contributed by atoms with Crippen LogP contribution in [0.2, 0.25) is 0 Å². The van der Waals surface area contributed by atoms with Gasteiger partial charge in [-0.2, -0.15) is 0 Å². The number of unbranched alkanes of at least 4 members (excludes halogenated alkanes) is 28. The molecule has 0 saturated heterocycles. The van der Waals surface area contributed by atoms with Gasteiger partial charge in [0.05, 0.1) is 0 Å². The van der Waals surface area contributed by atoms with Crippen LogP contribution in [0.5, 0.6) is 0 Å². The van der Waals surface area contributed by atoms with Crippen molar-refractivity contribution in [3.05, 3.63) is 0 Å². The standard InChI is InChI=1S/C56H114/c1-7-12-16-20-24-28-32-36-43-53(6)44-40-49-55(46-38-34-30-26-22-18-14-9-3)51-42-52-56(47-39-35-31-27-23-19-15-10-4)50-41-48-54(11-5)45-37-33-29-25-21-17-13-8-2/h53-56H,7-52H2,1-6H3. The van der Waals surface area contributed by atoms with Gasteiger partial charge in [-0.05, 0) is 23.7 Å². The van der Waals surface area contributed by atoms with Gasteiger partial charge < -0.3 is 0 Å². The normalized spacial score (nSPS) is 14.0. The lowest BCUT2D eigenvalue weighted by Crippen LogP contribution is -2.07. The van der Waals surface area contributed by atoms with E-state index in [-0.39, 0.29) is 0 Å². The molecular formula is C56H114. The lowest BCUT2D eigenvalue weighted by Gasteiger charge is -2.22. The Kier molecular flexibility index (Phi) is 47.7. The maximum atomic E-state index is 2.57. The van der Waals surface area contributed by atoms with E-state index in [1.807, 2.05) is 0 Å². The zero-order valence-electron chi connectivity index (χ0n) is 40.8. The van der Waals surface area contributed by atoms with Gasteiger partial charge >= 0.3 is 0 Å². The molecule has 4 unspecified atom stereocenters. The average molecular weight is 788 g/mol. The van der Waals surface area contributed by atoms with Gasteiger partial charge in [-0.15, -0.1) is 0 Å². The fourth-order valence-corrected chi connectivity index (χ4v) is 10.0. The highest BCUT2D eigenvalue weighted by molar-refractivity contribution is 4.68. The van der Waals surface area contributed by atoms with Crippen LogP contribution in [0.3, 0.4) is 0 Å². The second kappa shape index (κ2) is 47.7. The Bertz CT molecular complexity index is 680. The maximum absolute atomic E-state index is 2.57. The van der Waals surface area contributed by atoms with Gasteiger partial charge in [0.2, 0.25) is 0 Å². The van der Waals surface area contributed by atoms with Crippen LogP contribution in [0.25, 0.3) is 0 Å². The van der Waals surface area contributed by atoms with Crippen molar-refractivity contribution in [3.8, 4) is 0 Å². The Labute approximate surface area is 359 Å². The molecule has 0 saturated carbocycles. The van der Waals surface area contributed by atoms with Crippen LogP contribution in [-0.4, -0.2) is 0 Å². The molecule has 0 aliphatic rings. The molecule has 0 heterocycles. The van der Waals surface area contributed by atoms with Crippen molar-refractivity contribution in [2.75, 3.05) is 0 Å². The van der Waals surface area contributed by atoms with Gasteiger partial charge in [0, 0.05) is 0 Å². The molecule has 0 aromatic heterocycles. The fourth-order valence-electron chi connectivity index (χ4n) is 10.0. The molecule has 0 bridgehead atoms. The summed E-state index contributed by atoms with van der Waals surface area (Å²) in [5, 5.41) is 0. The van der Waals surface area contributed by atoms with Crippen molar-refractivity contribution in [3.63, 3.8) is 0 Å². The van der Waals surface area contributed by atoms with E-state index in [4.69, 9.17) is 0 Å². The monoisotopic (exact) mass is 787 g/mol. The molecule has 0 aliphatic carbocycles. The van der Waals surface area contributed by atoms with Crippen LogP contribution >= 0.6 is 0 Å². The van der Waals surface area contributed by atoms with E-state index in [0.29, 0.717) is 0 Å². The second-order valence-electron chi connectivity index (χ2n) is 20.0. The number of hydrogen-bond donors (Lipinski definition) is 0. The first-order valence-electron chi connectivity index (χ1n) is 27.6. The number of rotatable bonds is 49. The van der Waals surface area contributed by atoms with E-state index in [1.165, 1.54) is 295 Å². The largest absolute Gasteiger partial charge is 0.0654 e. The molecule has 0 fully saturated rings. The summed E-state index contributed by atoms with van der Waals surface area (Å²) in [5.41, 5.74) is 0. The van der Waals surface area contributed by atoms with Crippen LogP contribution in [-0.2, 0) is 0 Å². The summed E-state index contributed by atoms with van der Waals surface area (Å²) >= 11 is 0. The molecule has 338 valence electrons. The third kappa shape index (κ3) is 42.1. The highest BCUT2D eigenvalue weighted by atomic mass is 14.2. The third-order valence-corrected chi connectivity index (χ3v) is 14.3. The van der Waals surface area contributed by atoms with Crippen molar-refractivity contribution < 1.29 is 0 Å². The van der Waals surface area contributed by atoms with Crippen LogP contribution in [0.15, 0.2) is 0 Å². The Morgan fingerprint density at radius 2 is 0.393 bits per heavy atom. The molecule has 0 heteroatoms. The van der Waals surface area contributed by atoms with E-state index in [9.17, 15) is 0 Å². The molecule has 56 heavy (non-hydrogen) atoms. The fraction of sp³-hybridized carbons (Fsp3) is 1.00. The Hall–Kier alpha value is 0. The molecule has 0 aromatic carbocycles. The summed E-state index contributed by atoms with van der Waals surface area (Å²) in [4.78, 5) is 0. The van der Waals surface area contributed by atoms with Gasteiger partial charge in [-0.3, -0.25) is 0 Å². The predicted molar refractivity (Wildman–Crippen MR) is 260 cm³/mol. The van der Waals surface area contributed by atoms with Gasteiger partial charge in [0.15, 0.2) is 0 Å². The van der Waals surface area contributed by atoms with Crippen LogP contribution in [0, 0.1) is 23.7 Å². The van der Waals surface area contributed by atoms with Crippen molar-refractivity contribution >= 4 is 0 Å². The van der Waals surface area contributed by atoms with Gasteiger partial charge in [0.25, 0.3) is 0 Å². The number of hydrogen-bond acceptors (Lipinski definition) is 0. The first kappa shape index (κ1) is 56.0. The highest BCUT2D eigenvalue weighted by Crippen LogP contribution is 2.31. The molecule has 0 spiro atoms. The van der Waals surface area contributed by atoms with Crippen molar-refractivity contribution in [2.24, 2.45) is 23.7 Å². The molecule has 0 aromatic rings. The summed E-state index contributed by atoms with van der Waals surface area (Å²) in [7, 11) is 0. The quantitative estimate of drug-likeness (QED) is 0.0539. The second-order valence-corrected chi connectivity index (χ2v) is 20.0. The highest BCUT2D eigenvalue weighted by Gasteiger charge is 2.15. The summed E-state index contributed by atoms with van der Waals surface area (Å²) in [5.74, 6) is 3.95. The first-order chi connectivity index (χ1) is 27.6. The molecule has 0 nitrogen and oxygen atoms in total. The lowest BCUT2D eigenvalue weighted by molar-refractivity contribution is 0.311. The van der Waals surface area contributed by atoms with Crippen LogP contribution < -0.4 is 0 Å². The third-order valence-electron chi connectivity index (χ3n) is 14.3. The molecule has 0 aliphatic heterocycles. The van der Waals surface area contributed by atoms with Crippen molar-refractivity contribution in [2.45, 2.75) is 337 Å². The Morgan fingerprint density at radius 3 is 0.696 bits per heavy atom. The summed E-state index contributed by atoms with van der Waals surface area (Å²) in [6.07, 6.45) is 68.0. The molecular weight excluding hydrogens is 673 g/mol. The maximum Gasteiger partial charge on any atom is -0.0414 e. The first-order valence-corrected chi connectivity index (χ1v) is 27.6. The Morgan fingerprint density at radius 1 is 0.196 bits per heavy atom.